The number of carbonyl (C=O) groups is 1. The molecule has 68 valence electrons. The summed E-state index contributed by atoms with van der Waals surface area (Å²) in [5.74, 6) is -0.106. The van der Waals surface area contributed by atoms with Gasteiger partial charge in [0.05, 0.1) is 5.02 Å². The molecular formula is C10H9ClO2. The van der Waals surface area contributed by atoms with E-state index in [0.29, 0.717) is 16.3 Å². The van der Waals surface area contributed by atoms with E-state index in [-0.39, 0.29) is 0 Å². The molecule has 1 aromatic rings. The van der Waals surface area contributed by atoms with Crippen molar-refractivity contribution in [1.82, 2.24) is 0 Å². The highest BCUT2D eigenvalue weighted by molar-refractivity contribution is 6.32. The zero-order valence-corrected chi connectivity index (χ0v) is 7.97. The summed E-state index contributed by atoms with van der Waals surface area (Å²) in [4.78, 5) is 11.1. The lowest BCUT2D eigenvalue weighted by Crippen LogP contribution is -2.08. The molecule has 3 heteroatoms. The minimum atomic E-state index is -0.465. The van der Waals surface area contributed by atoms with Crippen molar-refractivity contribution in [2.45, 2.75) is 6.92 Å². The fourth-order valence-corrected chi connectivity index (χ4v) is 0.889. The monoisotopic (exact) mass is 196 g/mol. The van der Waals surface area contributed by atoms with E-state index < -0.39 is 5.97 Å². The van der Waals surface area contributed by atoms with Gasteiger partial charge in [-0.1, -0.05) is 30.3 Å². The Bertz CT molecular complexity index is 345. The third-order valence-electron chi connectivity index (χ3n) is 1.39. The first-order valence-corrected chi connectivity index (χ1v) is 4.11. The van der Waals surface area contributed by atoms with Gasteiger partial charge in [-0.05, 0) is 19.1 Å². The van der Waals surface area contributed by atoms with Gasteiger partial charge in [-0.3, -0.25) is 0 Å². The normalized spacial score (nSPS) is 9.38. The van der Waals surface area contributed by atoms with E-state index in [1.807, 2.05) is 0 Å². The van der Waals surface area contributed by atoms with Crippen LogP contribution in [-0.4, -0.2) is 5.97 Å². The van der Waals surface area contributed by atoms with Crippen LogP contribution in [0.2, 0.25) is 5.02 Å². The van der Waals surface area contributed by atoms with Gasteiger partial charge in [0.1, 0.15) is 5.75 Å². The van der Waals surface area contributed by atoms with Crippen molar-refractivity contribution in [3.63, 3.8) is 0 Å². The van der Waals surface area contributed by atoms with Crippen LogP contribution in [0.4, 0.5) is 0 Å². The average molecular weight is 197 g/mol. The average Bonchev–Trinajstić information content (AvgIpc) is 2.08. The Hall–Kier alpha value is -1.28. The van der Waals surface area contributed by atoms with Gasteiger partial charge in [0.2, 0.25) is 0 Å². The van der Waals surface area contributed by atoms with Crippen LogP contribution in [0.5, 0.6) is 5.75 Å². The number of hydrogen-bond donors (Lipinski definition) is 0. The van der Waals surface area contributed by atoms with Gasteiger partial charge in [-0.15, -0.1) is 0 Å². The quantitative estimate of drug-likeness (QED) is 0.413. The molecule has 0 aliphatic heterocycles. The summed E-state index contributed by atoms with van der Waals surface area (Å²) in [6, 6.07) is 6.79. The van der Waals surface area contributed by atoms with E-state index in [1.54, 1.807) is 31.2 Å². The van der Waals surface area contributed by atoms with Crippen LogP contribution in [0.15, 0.2) is 36.4 Å². The zero-order valence-electron chi connectivity index (χ0n) is 7.21. The predicted octanol–water partition coefficient (Wildman–Crippen LogP) is 2.82. The van der Waals surface area contributed by atoms with E-state index in [2.05, 4.69) is 6.58 Å². The Morgan fingerprint density at radius 3 is 2.62 bits per heavy atom. The van der Waals surface area contributed by atoms with Crippen molar-refractivity contribution in [2.24, 2.45) is 0 Å². The van der Waals surface area contributed by atoms with E-state index in [1.165, 1.54) is 0 Å². The van der Waals surface area contributed by atoms with Crippen LogP contribution in [0.25, 0.3) is 0 Å². The summed E-state index contributed by atoms with van der Waals surface area (Å²) in [6.07, 6.45) is 0. The number of halogens is 1. The first-order chi connectivity index (χ1) is 6.11. The molecule has 0 aliphatic carbocycles. The molecule has 0 amide bonds. The fourth-order valence-electron chi connectivity index (χ4n) is 0.714. The lowest BCUT2D eigenvalue weighted by atomic mass is 10.3. The first-order valence-electron chi connectivity index (χ1n) is 3.73. The molecule has 0 saturated heterocycles. The van der Waals surface area contributed by atoms with Crippen molar-refractivity contribution in [3.8, 4) is 5.75 Å². The van der Waals surface area contributed by atoms with Crippen LogP contribution in [-0.2, 0) is 4.79 Å². The molecule has 0 unspecified atom stereocenters. The number of para-hydroxylation sites is 1. The number of ether oxygens (including phenoxy) is 1. The highest BCUT2D eigenvalue weighted by Gasteiger charge is 2.07. The molecule has 0 aromatic heterocycles. The topological polar surface area (TPSA) is 26.3 Å². The minimum Gasteiger partial charge on any atom is -0.422 e. The Morgan fingerprint density at radius 1 is 1.46 bits per heavy atom. The van der Waals surface area contributed by atoms with Crippen molar-refractivity contribution in [3.05, 3.63) is 41.4 Å². The Balaban J connectivity index is 2.81. The molecular weight excluding hydrogens is 188 g/mol. The number of rotatable bonds is 2. The SMILES string of the molecule is C=C(C)C(=O)Oc1ccccc1Cl. The van der Waals surface area contributed by atoms with Crippen LogP contribution in [0.3, 0.4) is 0 Å². The van der Waals surface area contributed by atoms with Gasteiger partial charge in [0, 0.05) is 5.57 Å². The summed E-state index contributed by atoms with van der Waals surface area (Å²) in [7, 11) is 0. The molecule has 1 rings (SSSR count). The van der Waals surface area contributed by atoms with Crippen LogP contribution >= 0.6 is 11.6 Å². The molecule has 13 heavy (non-hydrogen) atoms. The highest BCUT2D eigenvalue weighted by atomic mass is 35.5. The first kappa shape index (κ1) is 9.81. The van der Waals surface area contributed by atoms with Gasteiger partial charge in [-0.25, -0.2) is 4.79 Å². The van der Waals surface area contributed by atoms with E-state index in [4.69, 9.17) is 16.3 Å². The summed E-state index contributed by atoms with van der Waals surface area (Å²) in [5, 5.41) is 0.414. The predicted molar refractivity (Wildman–Crippen MR) is 51.9 cm³/mol. The summed E-state index contributed by atoms with van der Waals surface area (Å²) >= 11 is 5.77. The largest absolute Gasteiger partial charge is 0.422 e. The van der Waals surface area contributed by atoms with Gasteiger partial charge >= 0.3 is 5.97 Å². The number of benzene rings is 1. The van der Waals surface area contributed by atoms with Gasteiger partial charge < -0.3 is 4.74 Å². The minimum absolute atomic E-state index is 0.347. The molecule has 0 fully saturated rings. The molecule has 0 spiro atoms. The van der Waals surface area contributed by atoms with E-state index in [9.17, 15) is 4.79 Å². The van der Waals surface area contributed by atoms with Gasteiger partial charge in [0.15, 0.2) is 0 Å². The lowest BCUT2D eigenvalue weighted by molar-refractivity contribution is -0.130. The Labute approximate surface area is 81.8 Å². The molecule has 1 aromatic carbocycles. The summed E-state index contributed by atoms with van der Waals surface area (Å²) in [5.41, 5.74) is 0.347. The maximum Gasteiger partial charge on any atom is 0.338 e. The molecule has 0 atom stereocenters. The summed E-state index contributed by atoms with van der Waals surface area (Å²) in [6.45, 7) is 5.05. The Morgan fingerprint density at radius 2 is 2.08 bits per heavy atom. The van der Waals surface area contributed by atoms with Crippen molar-refractivity contribution >= 4 is 17.6 Å². The third kappa shape index (κ3) is 2.60. The van der Waals surface area contributed by atoms with Crippen LogP contribution < -0.4 is 4.74 Å². The maximum atomic E-state index is 11.1. The maximum absolute atomic E-state index is 11.1. The smallest absolute Gasteiger partial charge is 0.338 e. The molecule has 0 saturated carbocycles. The zero-order chi connectivity index (χ0) is 9.84. The van der Waals surface area contributed by atoms with E-state index in [0.717, 1.165) is 0 Å². The fraction of sp³-hybridized carbons (Fsp3) is 0.100. The van der Waals surface area contributed by atoms with Crippen molar-refractivity contribution in [2.75, 3.05) is 0 Å². The molecule has 0 heterocycles. The second-order valence-electron chi connectivity index (χ2n) is 2.60. The third-order valence-corrected chi connectivity index (χ3v) is 1.70. The number of carbonyl (C=O) groups excluding carboxylic acids is 1. The second-order valence-corrected chi connectivity index (χ2v) is 3.01. The number of esters is 1. The van der Waals surface area contributed by atoms with Crippen LogP contribution in [0, 0.1) is 0 Å². The second kappa shape index (κ2) is 4.10. The highest BCUT2D eigenvalue weighted by Crippen LogP contribution is 2.23. The van der Waals surface area contributed by atoms with Gasteiger partial charge in [-0.2, -0.15) is 0 Å². The van der Waals surface area contributed by atoms with Crippen LogP contribution in [0.1, 0.15) is 6.92 Å². The molecule has 0 N–H and O–H groups in total. The standard InChI is InChI=1S/C10H9ClO2/c1-7(2)10(12)13-9-6-4-3-5-8(9)11/h3-6H,1H2,2H3. The lowest BCUT2D eigenvalue weighted by Gasteiger charge is -2.04. The summed E-state index contributed by atoms with van der Waals surface area (Å²) < 4.78 is 4.94. The molecule has 0 bridgehead atoms. The van der Waals surface area contributed by atoms with E-state index >= 15 is 0 Å². The molecule has 0 radical (unpaired) electrons. The van der Waals surface area contributed by atoms with Crippen molar-refractivity contribution in [1.29, 1.82) is 0 Å². The molecule has 2 nitrogen and oxygen atoms in total. The number of hydrogen-bond acceptors (Lipinski definition) is 2. The van der Waals surface area contributed by atoms with Crippen molar-refractivity contribution < 1.29 is 9.53 Å². The van der Waals surface area contributed by atoms with Gasteiger partial charge in [0.25, 0.3) is 0 Å². The Kier molecular flexibility index (Phi) is 3.09. The molecule has 0 aliphatic rings.